The summed E-state index contributed by atoms with van der Waals surface area (Å²) in [6.45, 7) is 0.872. The van der Waals surface area contributed by atoms with Crippen molar-refractivity contribution in [1.82, 2.24) is 15.3 Å². The number of amides is 1. The third-order valence-corrected chi connectivity index (χ3v) is 5.69. The normalized spacial score (nSPS) is 28.8. The Labute approximate surface area is 137 Å². The van der Waals surface area contributed by atoms with Gasteiger partial charge in [0.15, 0.2) is 0 Å². The maximum atomic E-state index is 12.6. The number of aromatic nitrogens is 1. The van der Waals surface area contributed by atoms with Gasteiger partial charge in [-0.15, -0.1) is 0 Å². The average Bonchev–Trinajstić information content (AvgIpc) is 3.27. The molecule has 4 rings (SSSR count). The van der Waals surface area contributed by atoms with Gasteiger partial charge in [-0.3, -0.25) is 15.2 Å². The first kappa shape index (κ1) is 14.7. The fourth-order valence-corrected chi connectivity index (χ4v) is 4.37. The minimum Gasteiger partial charge on any atom is -0.321 e. The number of carbonyl (C=O) groups is 1. The van der Waals surface area contributed by atoms with Crippen LogP contribution in [0.15, 0.2) is 29.6 Å². The van der Waals surface area contributed by atoms with Gasteiger partial charge in [0.25, 0.3) is 0 Å². The Hall–Kier alpha value is -1.91. The minimum atomic E-state index is 0.0233. The minimum absolute atomic E-state index is 0.0233. The van der Waals surface area contributed by atoms with Gasteiger partial charge in [0.1, 0.15) is 6.17 Å². The van der Waals surface area contributed by atoms with Gasteiger partial charge in [0, 0.05) is 37.3 Å². The van der Waals surface area contributed by atoms with Crippen LogP contribution in [-0.4, -0.2) is 34.2 Å². The molecule has 1 amide bonds. The lowest BCUT2D eigenvalue weighted by Crippen LogP contribution is -2.50. The molecule has 2 atom stereocenters. The van der Waals surface area contributed by atoms with Crippen LogP contribution in [0.25, 0.3) is 0 Å². The summed E-state index contributed by atoms with van der Waals surface area (Å²) in [5, 5.41) is 4.44. The van der Waals surface area contributed by atoms with Crippen molar-refractivity contribution in [2.75, 3.05) is 6.54 Å². The summed E-state index contributed by atoms with van der Waals surface area (Å²) in [6, 6.07) is 3.94. The highest BCUT2D eigenvalue weighted by Crippen LogP contribution is 2.37. The molecule has 2 fully saturated rings. The summed E-state index contributed by atoms with van der Waals surface area (Å²) < 4.78 is 0. The topological polar surface area (TPSA) is 57.6 Å². The summed E-state index contributed by atoms with van der Waals surface area (Å²) in [4.78, 5) is 18.7. The number of hydrazone groups is 1. The van der Waals surface area contributed by atoms with Gasteiger partial charge < -0.3 is 4.90 Å². The van der Waals surface area contributed by atoms with E-state index in [4.69, 9.17) is 0 Å². The molecule has 1 aliphatic carbocycles. The summed E-state index contributed by atoms with van der Waals surface area (Å²) in [7, 11) is 0. The molecule has 5 heteroatoms. The number of pyridine rings is 1. The van der Waals surface area contributed by atoms with Crippen molar-refractivity contribution in [3.05, 3.63) is 30.1 Å². The molecule has 1 aromatic rings. The van der Waals surface area contributed by atoms with Gasteiger partial charge in [-0.25, -0.2) is 0 Å². The monoisotopic (exact) mass is 312 g/mol. The molecule has 23 heavy (non-hydrogen) atoms. The van der Waals surface area contributed by atoms with Gasteiger partial charge in [0.05, 0.1) is 5.71 Å². The van der Waals surface area contributed by atoms with E-state index in [-0.39, 0.29) is 6.17 Å². The zero-order valence-electron chi connectivity index (χ0n) is 13.4. The smallest absolute Gasteiger partial charge is 0.224 e. The molecule has 3 aliphatic rings. The molecular formula is C18H24N4O. The maximum Gasteiger partial charge on any atom is 0.224 e. The van der Waals surface area contributed by atoms with E-state index in [2.05, 4.69) is 15.5 Å². The van der Waals surface area contributed by atoms with Crippen LogP contribution < -0.4 is 5.43 Å². The van der Waals surface area contributed by atoms with E-state index >= 15 is 0 Å². The molecule has 5 nitrogen and oxygen atoms in total. The van der Waals surface area contributed by atoms with Gasteiger partial charge in [-0.2, -0.15) is 5.10 Å². The van der Waals surface area contributed by atoms with Crippen molar-refractivity contribution in [2.24, 2.45) is 16.9 Å². The lowest BCUT2D eigenvalue weighted by atomic mass is 9.83. The van der Waals surface area contributed by atoms with Gasteiger partial charge >= 0.3 is 0 Å². The third kappa shape index (κ3) is 2.96. The summed E-state index contributed by atoms with van der Waals surface area (Å²) in [5.41, 5.74) is 5.27. The second kappa shape index (κ2) is 6.30. The largest absolute Gasteiger partial charge is 0.321 e. The first-order valence-electron chi connectivity index (χ1n) is 8.83. The van der Waals surface area contributed by atoms with Crippen LogP contribution in [0.3, 0.4) is 0 Å². The van der Waals surface area contributed by atoms with E-state index in [0.717, 1.165) is 43.0 Å². The molecule has 0 radical (unpaired) electrons. The van der Waals surface area contributed by atoms with Crippen molar-refractivity contribution in [3.63, 3.8) is 0 Å². The molecule has 1 saturated heterocycles. The van der Waals surface area contributed by atoms with Gasteiger partial charge in [-0.05, 0) is 30.4 Å². The van der Waals surface area contributed by atoms with E-state index in [0.29, 0.717) is 11.8 Å². The Morgan fingerprint density at radius 1 is 1.04 bits per heavy atom. The van der Waals surface area contributed by atoms with Crippen LogP contribution in [0.2, 0.25) is 0 Å². The summed E-state index contributed by atoms with van der Waals surface area (Å²) >= 11 is 0. The summed E-state index contributed by atoms with van der Waals surface area (Å²) in [6.07, 6.45) is 11.6. The van der Waals surface area contributed by atoms with Crippen LogP contribution in [0.4, 0.5) is 0 Å². The van der Waals surface area contributed by atoms with Crippen molar-refractivity contribution >= 4 is 11.6 Å². The number of nitrogens with one attached hydrogen (secondary N) is 1. The summed E-state index contributed by atoms with van der Waals surface area (Å²) in [5.74, 6) is 1.71. The SMILES string of the molecule is O=C1CC(C2CCCC2)CCN1C1CC(c2ccncc2)=NN1. The number of carbonyl (C=O) groups excluding carboxylic acids is 1. The average molecular weight is 312 g/mol. The van der Waals surface area contributed by atoms with E-state index in [1.807, 2.05) is 17.0 Å². The molecular weight excluding hydrogens is 288 g/mol. The molecule has 2 aliphatic heterocycles. The molecule has 0 spiro atoms. The second-order valence-corrected chi connectivity index (χ2v) is 7.03. The highest BCUT2D eigenvalue weighted by atomic mass is 16.2. The Balaban J connectivity index is 1.36. The van der Waals surface area contributed by atoms with Crippen LogP contribution in [0, 0.1) is 11.8 Å². The van der Waals surface area contributed by atoms with E-state index in [1.54, 1.807) is 12.4 Å². The first-order chi connectivity index (χ1) is 11.3. The van der Waals surface area contributed by atoms with Crippen molar-refractivity contribution < 1.29 is 4.79 Å². The number of nitrogens with zero attached hydrogens (tertiary/aromatic N) is 3. The number of likely N-dealkylation sites (tertiary alicyclic amines) is 1. The highest BCUT2D eigenvalue weighted by Gasteiger charge is 2.36. The predicted octanol–water partition coefficient (Wildman–Crippen LogP) is 2.53. The molecule has 3 heterocycles. The number of hydrogen-bond donors (Lipinski definition) is 1. The molecule has 1 N–H and O–H groups in total. The number of rotatable bonds is 3. The van der Waals surface area contributed by atoms with E-state index < -0.39 is 0 Å². The zero-order chi connectivity index (χ0) is 15.6. The quantitative estimate of drug-likeness (QED) is 0.933. The zero-order valence-corrected chi connectivity index (χ0v) is 13.4. The third-order valence-electron chi connectivity index (χ3n) is 5.69. The first-order valence-corrected chi connectivity index (χ1v) is 8.83. The van der Waals surface area contributed by atoms with Gasteiger partial charge in [0.2, 0.25) is 5.91 Å². The Morgan fingerprint density at radius 3 is 2.57 bits per heavy atom. The van der Waals surface area contributed by atoms with Crippen LogP contribution in [0.1, 0.15) is 50.5 Å². The molecule has 1 saturated carbocycles. The standard InChI is InChI=1S/C18H24N4O/c23-18-11-15(13-3-1-2-4-13)7-10-22(18)17-12-16(20-21-17)14-5-8-19-9-6-14/h5-6,8-9,13,15,17,21H,1-4,7,10-12H2. The highest BCUT2D eigenvalue weighted by molar-refractivity contribution is 6.01. The molecule has 122 valence electrons. The second-order valence-electron chi connectivity index (χ2n) is 7.03. The molecule has 0 aromatic carbocycles. The van der Waals surface area contributed by atoms with Gasteiger partial charge in [-0.1, -0.05) is 25.7 Å². The Morgan fingerprint density at radius 2 is 1.83 bits per heavy atom. The fraction of sp³-hybridized carbons (Fsp3) is 0.611. The van der Waals surface area contributed by atoms with Crippen molar-refractivity contribution in [1.29, 1.82) is 0 Å². The van der Waals surface area contributed by atoms with Crippen LogP contribution in [0.5, 0.6) is 0 Å². The number of hydrogen-bond acceptors (Lipinski definition) is 4. The molecule has 2 unspecified atom stereocenters. The fourth-order valence-electron chi connectivity index (χ4n) is 4.37. The van der Waals surface area contributed by atoms with Crippen LogP contribution >= 0.6 is 0 Å². The van der Waals surface area contributed by atoms with Crippen molar-refractivity contribution in [2.45, 2.75) is 51.1 Å². The Kier molecular flexibility index (Phi) is 4.02. The molecule has 0 bridgehead atoms. The van der Waals surface area contributed by atoms with E-state index in [1.165, 1.54) is 25.7 Å². The lowest BCUT2D eigenvalue weighted by Gasteiger charge is -2.37. The maximum absolute atomic E-state index is 12.6. The molecule has 1 aromatic heterocycles. The van der Waals surface area contributed by atoms with Crippen LogP contribution in [-0.2, 0) is 4.79 Å². The lowest BCUT2D eigenvalue weighted by molar-refractivity contribution is -0.138. The Bertz CT molecular complexity index is 594. The number of piperidine rings is 1. The predicted molar refractivity (Wildman–Crippen MR) is 88.7 cm³/mol. The van der Waals surface area contributed by atoms with Crippen molar-refractivity contribution in [3.8, 4) is 0 Å². The van der Waals surface area contributed by atoms with E-state index in [9.17, 15) is 4.79 Å².